The van der Waals surface area contributed by atoms with Crippen LogP contribution in [0.3, 0.4) is 0 Å². The molecule has 0 amide bonds. The van der Waals surface area contributed by atoms with Crippen molar-refractivity contribution in [2.45, 2.75) is 104 Å². The summed E-state index contributed by atoms with van der Waals surface area (Å²) in [6.45, 7) is 4.19. The number of esters is 1. The summed E-state index contributed by atoms with van der Waals surface area (Å²) in [5, 5.41) is 0. The molecule has 0 heterocycles. The third kappa shape index (κ3) is 18.9. The maximum atomic E-state index is 11.7. The van der Waals surface area contributed by atoms with Crippen molar-refractivity contribution in [1.29, 1.82) is 0 Å². The van der Waals surface area contributed by atoms with Gasteiger partial charge in [0.1, 0.15) is 12.2 Å². The number of Topliss-reactive ketones (excluding diaryl/α,β-unsaturated/α-hetero) is 1. The number of carbonyl (C=O) groups excluding carboxylic acids is 3. The highest BCUT2D eigenvalue weighted by Gasteiger charge is 2.08. The van der Waals surface area contributed by atoms with Crippen LogP contribution in [0.4, 0.5) is 0 Å². The fourth-order valence-corrected chi connectivity index (χ4v) is 2.71. The Balaban J connectivity index is 3.53. The second-order valence-corrected chi connectivity index (χ2v) is 7.03. The lowest BCUT2D eigenvalue weighted by Gasteiger charge is -1.99. The Labute approximate surface area is 171 Å². The predicted molar refractivity (Wildman–Crippen MR) is 114 cm³/mol. The van der Waals surface area contributed by atoms with Crippen LogP contribution in [-0.4, -0.2) is 24.1 Å². The van der Waals surface area contributed by atoms with Crippen molar-refractivity contribution >= 4 is 17.5 Å². The van der Waals surface area contributed by atoms with Gasteiger partial charge in [-0.25, -0.2) is 0 Å². The summed E-state index contributed by atoms with van der Waals surface area (Å²) in [5.41, 5.74) is 0. The third-order valence-corrected chi connectivity index (χ3v) is 4.30. The molecule has 28 heavy (non-hydrogen) atoms. The third-order valence-electron chi connectivity index (χ3n) is 4.30. The van der Waals surface area contributed by atoms with Gasteiger partial charge in [0.2, 0.25) is 0 Å². The first-order chi connectivity index (χ1) is 13.6. The predicted octanol–water partition coefficient (Wildman–Crippen LogP) is 5.73. The second-order valence-electron chi connectivity index (χ2n) is 7.03. The van der Waals surface area contributed by atoms with E-state index >= 15 is 0 Å². The maximum Gasteiger partial charge on any atom is 0.313 e. The first-order valence-corrected chi connectivity index (χ1v) is 10.9. The van der Waals surface area contributed by atoms with Crippen molar-refractivity contribution in [3.8, 4) is 11.8 Å². The van der Waals surface area contributed by atoms with Gasteiger partial charge in [-0.2, -0.15) is 0 Å². The van der Waals surface area contributed by atoms with Crippen LogP contribution in [0.2, 0.25) is 0 Å². The highest BCUT2D eigenvalue weighted by molar-refractivity contribution is 5.97. The quantitative estimate of drug-likeness (QED) is 0.105. The van der Waals surface area contributed by atoms with E-state index in [0.717, 1.165) is 44.9 Å². The summed E-state index contributed by atoms with van der Waals surface area (Å²) in [7, 11) is 0. The molecule has 0 saturated heterocycles. The van der Waals surface area contributed by atoms with E-state index in [4.69, 9.17) is 4.74 Å². The molecule has 0 saturated carbocycles. The Morgan fingerprint density at radius 1 is 0.821 bits per heavy atom. The van der Waals surface area contributed by atoms with Crippen LogP contribution in [0, 0.1) is 11.8 Å². The summed E-state index contributed by atoms with van der Waals surface area (Å²) in [6.07, 6.45) is 15.9. The van der Waals surface area contributed by atoms with Gasteiger partial charge >= 0.3 is 5.97 Å². The lowest BCUT2D eigenvalue weighted by molar-refractivity contribution is -0.145. The fraction of sp³-hybridized carbons (Fsp3) is 0.708. The minimum absolute atomic E-state index is 0.0397. The summed E-state index contributed by atoms with van der Waals surface area (Å²) in [6, 6.07) is 0. The molecule has 0 spiro atoms. The Kier molecular flexibility index (Phi) is 18.5. The second kappa shape index (κ2) is 19.9. The van der Waals surface area contributed by atoms with Crippen LogP contribution in [0.1, 0.15) is 104 Å². The van der Waals surface area contributed by atoms with Crippen LogP contribution < -0.4 is 0 Å². The van der Waals surface area contributed by atoms with E-state index in [0.29, 0.717) is 6.42 Å². The summed E-state index contributed by atoms with van der Waals surface area (Å²) in [5.74, 6) is 5.81. The van der Waals surface area contributed by atoms with E-state index in [1.165, 1.54) is 31.8 Å². The molecule has 0 aliphatic carbocycles. The monoisotopic (exact) mass is 390 g/mol. The van der Waals surface area contributed by atoms with Crippen molar-refractivity contribution < 1.29 is 19.1 Å². The zero-order chi connectivity index (χ0) is 20.9. The maximum absolute atomic E-state index is 11.7. The number of hydrogen-bond donors (Lipinski definition) is 0. The number of ether oxygens (including phenoxy) is 1. The van der Waals surface area contributed by atoms with Gasteiger partial charge in [-0.15, -0.1) is 11.8 Å². The van der Waals surface area contributed by atoms with E-state index in [2.05, 4.69) is 18.8 Å². The highest BCUT2D eigenvalue weighted by atomic mass is 16.5. The molecule has 0 aromatic carbocycles. The number of rotatable bonds is 17. The number of allylic oxidation sites excluding steroid dienone is 2. The molecule has 0 unspecified atom stereocenters. The minimum Gasteiger partial charge on any atom is -0.466 e. The molecule has 0 aromatic rings. The molecule has 0 rings (SSSR count). The molecule has 0 N–H and O–H groups in total. The van der Waals surface area contributed by atoms with Gasteiger partial charge in [0.15, 0.2) is 5.78 Å². The van der Waals surface area contributed by atoms with Gasteiger partial charge in [0.25, 0.3) is 0 Å². The standard InChI is InChI=1S/C24H38O4/c1-3-5-6-7-8-9-10-11-12-13-14-15-16-18-22(25)19-17-20-23(26)21-24(27)28-4-2/h17,19H,3-8,11-16,18,20-21H2,1-2H3/b19-17+. The van der Waals surface area contributed by atoms with E-state index in [-0.39, 0.29) is 31.0 Å². The number of ketones is 2. The molecule has 0 bridgehead atoms. The van der Waals surface area contributed by atoms with Crippen LogP contribution in [0.15, 0.2) is 12.2 Å². The Bertz CT molecular complexity index is 522. The number of carbonyl (C=O) groups is 3. The molecule has 0 radical (unpaired) electrons. The summed E-state index contributed by atoms with van der Waals surface area (Å²) in [4.78, 5) is 34.4. The van der Waals surface area contributed by atoms with Crippen molar-refractivity contribution in [2.24, 2.45) is 0 Å². The average molecular weight is 391 g/mol. The summed E-state index contributed by atoms with van der Waals surface area (Å²) < 4.78 is 4.71. The molecular weight excluding hydrogens is 352 g/mol. The first kappa shape index (κ1) is 26.1. The molecule has 0 fully saturated rings. The molecule has 0 atom stereocenters. The van der Waals surface area contributed by atoms with Gasteiger partial charge in [-0.1, -0.05) is 51.5 Å². The van der Waals surface area contributed by atoms with Crippen molar-refractivity contribution in [2.75, 3.05) is 6.61 Å². The smallest absolute Gasteiger partial charge is 0.313 e. The molecule has 0 aliphatic rings. The molecule has 0 aliphatic heterocycles. The first-order valence-electron chi connectivity index (χ1n) is 10.9. The van der Waals surface area contributed by atoms with Crippen LogP contribution >= 0.6 is 0 Å². The number of unbranched alkanes of at least 4 members (excludes halogenated alkanes) is 9. The van der Waals surface area contributed by atoms with E-state index in [9.17, 15) is 14.4 Å². The van der Waals surface area contributed by atoms with Crippen LogP contribution in [0.25, 0.3) is 0 Å². The van der Waals surface area contributed by atoms with Crippen LogP contribution in [-0.2, 0) is 19.1 Å². The van der Waals surface area contributed by atoms with Gasteiger partial charge < -0.3 is 4.74 Å². The molecule has 158 valence electrons. The Morgan fingerprint density at radius 3 is 2.07 bits per heavy atom. The molecular formula is C24H38O4. The Morgan fingerprint density at radius 2 is 1.43 bits per heavy atom. The van der Waals surface area contributed by atoms with Crippen LogP contribution in [0.5, 0.6) is 0 Å². The molecule has 0 aromatic heterocycles. The SMILES string of the molecule is CCCCCCC#CCCCCCCCC(=O)/C=C/CC(=O)CC(=O)OCC. The van der Waals surface area contributed by atoms with Crippen molar-refractivity contribution in [3.05, 3.63) is 12.2 Å². The van der Waals surface area contributed by atoms with E-state index in [1.54, 1.807) is 13.0 Å². The summed E-state index contributed by atoms with van der Waals surface area (Å²) >= 11 is 0. The Hall–Kier alpha value is -1.89. The average Bonchev–Trinajstić information content (AvgIpc) is 2.65. The minimum atomic E-state index is -0.509. The van der Waals surface area contributed by atoms with E-state index in [1.807, 2.05) is 0 Å². The molecule has 4 heteroatoms. The van der Waals surface area contributed by atoms with Crippen molar-refractivity contribution in [1.82, 2.24) is 0 Å². The zero-order valence-corrected chi connectivity index (χ0v) is 17.9. The van der Waals surface area contributed by atoms with Crippen molar-refractivity contribution in [3.63, 3.8) is 0 Å². The molecule has 4 nitrogen and oxygen atoms in total. The van der Waals surface area contributed by atoms with Gasteiger partial charge in [-0.3, -0.25) is 14.4 Å². The largest absolute Gasteiger partial charge is 0.466 e. The van der Waals surface area contributed by atoms with E-state index < -0.39 is 5.97 Å². The van der Waals surface area contributed by atoms with Gasteiger partial charge in [-0.05, 0) is 32.3 Å². The fourth-order valence-electron chi connectivity index (χ4n) is 2.71. The van der Waals surface area contributed by atoms with Gasteiger partial charge in [0.05, 0.1) is 6.61 Å². The topological polar surface area (TPSA) is 60.4 Å². The zero-order valence-electron chi connectivity index (χ0n) is 17.9. The number of hydrogen-bond acceptors (Lipinski definition) is 4. The highest BCUT2D eigenvalue weighted by Crippen LogP contribution is 2.08. The lowest BCUT2D eigenvalue weighted by Crippen LogP contribution is -2.10. The normalized spacial score (nSPS) is 10.5. The lowest BCUT2D eigenvalue weighted by atomic mass is 10.1. The van der Waals surface area contributed by atoms with Gasteiger partial charge in [0, 0.05) is 25.7 Å².